The number of rotatable bonds is 5. The molecule has 0 aliphatic rings. The third-order valence-corrected chi connectivity index (χ3v) is 3.87. The number of hydrogen-bond donors (Lipinski definition) is 2. The van der Waals surface area contributed by atoms with Crippen LogP contribution in [-0.2, 0) is 6.42 Å². The van der Waals surface area contributed by atoms with Crippen LogP contribution in [-0.4, -0.2) is 30.7 Å². The Labute approximate surface area is 140 Å². The van der Waals surface area contributed by atoms with E-state index in [0.29, 0.717) is 17.0 Å². The van der Waals surface area contributed by atoms with Gasteiger partial charge in [-0.2, -0.15) is 0 Å². The summed E-state index contributed by atoms with van der Waals surface area (Å²) >= 11 is 0. The Morgan fingerprint density at radius 1 is 1.17 bits per heavy atom. The second-order valence-corrected chi connectivity index (χ2v) is 5.42. The average molecular weight is 334 g/mol. The predicted octanol–water partition coefficient (Wildman–Crippen LogP) is 2.39. The van der Waals surface area contributed by atoms with Gasteiger partial charge < -0.3 is 15.4 Å². The highest BCUT2D eigenvalue weighted by molar-refractivity contribution is 5.85. The van der Waals surface area contributed by atoms with Crippen molar-refractivity contribution in [2.24, 2.45) is 0 Å². The van der Waals surface area contributed by atoms with Crippen molar-refractivity contribution in [3.05, 3.63) is 48.5 Å². The highest BCUT2D eigenvalue weighted by atomic mass is 35.5. The van der Waals surface area contributed by atoms with Crippen LogP contribution in [0.25, 0.3) is 11.2 Å². The molecule has 2 heterocycles. The van der Waals surface area contributed by atoms with Gasteiger partial charge in [0.2, 0.25) is 0 Å². The fourth-order valence-corrected chi connectivity index (χ4v) is 2.68. The highest BCUT2D eigenvalue weighted by Crippen LogP contribution is 2.24. The second kappa shape index (κ2) is 7.39. The number of imidazole rings is 1. The van der Waals surface area contributed by atoms with E-state index >= 15 is 0 Å². The van der Waals surface area contributed by atoms with Crippen molar-refractivity contribution in [3.63, 3.8) is 0 Å². The van der Waals surface area contributed by atoms with Crippen LogP contribution in [0.15, 0.2) is 43.0 Å². The minimum absolute atomic E-state index is 0. The number of nitrogens with two attached hydrogens (primary N) is 1. The lowest BCUT2D eigenvalue weighted by Gasteiger charge is -2.22. The molecule has 0 aliphatic heterocycles. The molecule has 0 saturated heterocycles. The maximum atomic E-state index is 10.2. The van der Waals surface area contributed by atoms with E-state index in [1.165, 1.54) is 11.9 Å². The summed E-state index contributed by atoms with van der Waals surface area (Å²) in [6.45, 7) is 1.78. The zero-order valence-corrected chi connectivity index (χ0v) is 13.6. The van der Waals surface area contributed by atoms with Crippen LogP contribution in [0.4, 0.5) is 5.82 Å². The van der Waals surface area contributed by atoms with Gasteiger partial charge >= 0.3 is 0 Å². The van der Waals surface area contributed by atoms with Gasteiger partial charge in [0.15, 0.2) is 11.5 Å². The van der Waals surface area contributed by atoms with E-state index < -0.39 is 6.10 Å². The molecule has 122 valence electrons. The summed E-state index contributed by atoms with van der Waals surface area (Å²) < 4.78 is 1.89. The van der Waals surface area contributed by atoms with E-state index in [1.807, 2.05) is 22.8 Å². The third kappa shape index (κ3) is 3.60. The fraction of sp³-hybridized carbons (Fsp3) is 0.312. The number of benzene rings is 1. The van der Waals surface area contributed by atoms with Gasteiger partial charge in [-0.25, -0.2) is 15.0 Å². The number of nitrogen functional groups attached to an aromatic ring is 1. The molecular formula is C16H20ClN5O. The first-order valence-electron chi connectivity index (χ1n) is 7.32. The minimum Gasteiger partial charge on any atom is -0.391 e. The van der Waals surface area contributed by atoms with Crippen LogP contribution in [0.1, 0.15) is 24.9 Å². The monoisotopic (exact) mass is 333 g/mol. The molecule has 2 atom stereocenters. The number of fused-ring (bicyclic) bond motifs is 1. The van der Waals surface area contributed by atoms with Crippen molar-refractivity contribution < 1.29 is 5.11 Å². The van der Waals surface area contributed by atoms with E-state index in [9.17, 15) is 5.11 Å². The Morgan fingerprint density at radius 3 is 2.61 bits per heavy atom. The Bertz CT molecular complexity index is 760. The maximum Gasteiger partial charge on any atom is 0.165 e. The van der Waals surface area contributed by atoms with E-state index in [2.05, 4.69) is 27.1 Å². The molecule has 23 heavy (non-hydrogen) atoms. The van der Waals surface area contributed by atoms with Crippen LogP contribution in [0, 0.1) is 0 Å². The van der Waals surface area contributed by atoms with Crippen LogP contribution >= 0.6 is 12.4 Å². The third-order valence-electron chi connectivity index (χ3n) is 3.87. The summed E-state index contributed by atoms with van der Waals surface area (Å²) in [4.78, 5) is 12.5. The molecule has 0 unspecified atom stereocenters. The lowest BCUT2D eigenvalue weighted by atomic mass is 10.0. The van der Waals surface area contributed by atoms with E-state index in [1.54, 1.807) is 13.3 Å². The van der Waals surface area contributed by atoms with Gasteiger partial charge in [-0.1, -0.05) is 30.3 Å². The summed E-state index contributed by atoms with van der Waals surface area (Å²) in [6.07, 6.45) is 4.25. The summed E-state index contributed by atoms with van der Waals surface area (Å²) in [5.41, 5.74) is 8.30. The molecule has 3 N–H and O–H groups in total. The first-order chi connectivity index (χ1) is 10.7. The lowest BCUT2D eigenvalue weighted by Crippen LogP contribution is -2.22. The Morgan fingerprint density at radius 2 is 1.91 bits per heavy atom. The number of aromatic nitrogens is 4. The largest absolute Gasteiger partial charge is 0.391 e. The van der Waals surface area contributed by atoms with Gasteiger partial charge in [-0.15, -0.1) is 12.4 Å². The SMILES string of the molecule is C[C@H](O)[C@@H](CCc1ccccc1)n1cnc2c(N)ncnc21.Cl. The zero-order valence-electron chi connectivity index (χ0n) is 12.8. The molecular weight excluding hydrogens is 314 g/mol. The molecule has 0 saturated carbocycles. The molecule has 0 bridgehead atoms. The van der Waals surface area contributed by atoms with E-state index in [4.69, 9.17) is 5.73 Å². The smallest absolute Gasteiger partial charge is 0.165 e. The molecule has 0 radical (unpaired) electrons. The van der Waals surface area contributed by atoms with Crippen molar-refractivity contribution in [2.45, 2.75) is 31.9 Å². The second-order valence-electron chi connectivity index (χ2n) is 5.42. The molecule has 0 amide bonds. The Hall–Kier alpha value is -2.18. The fourth-order valence-electron chi connectivity index (χ4n) is 2.68. The molecule has 7 heteroatoms. The van der Waals surface area contributed by atoms with Gasteiger partial charge in [0, 0.05) is 0 Å². The number of hydrogen-bond acceptors (Lipinski definition) is 5. The zero-order chi connectivity index (χ0) is 15.5. The van der Waals surface area contributed by atoms with E-state index in [0.717, 1.165) is 12.8 Å². The molecule has 2 aromatic heterocycles. The highest BCUT2D eigenvalue weighted by Gasteiger charge is 2.20. The number of aryl methyl sites for hydroxylation is 1. The average Bonchev–Trinajstić information content (AvgIpc) is 2.94. The van der Waals surface area contributed by atoms with Crippen molar-refractivity contribution in [1.29, 1.82) is 0 Å². The maximum absolute atomic E-state index is 10.2. The Kier molecular flexibility index (Phi) is 5.52. The van der Waals surface area contributed by atoms with Crippen LogP contribution in [0.5, 0.6) is 0 Å². The van der Waals surface area contributed by atoms with Crippen LogP contribution in [0.2, 0.25) is 0 Å². The van der Waals surface area contributed by atoms with Crippen LogP contribution < -0.4 is 5.73 Å². The summed E-state index contributed by atoms with van der Waals surface area (Å²) in [6, 6.07) is 10.1. The first kappa shape index (κ1) is 17.2. The number of anilines is 1. The molecule has 6 nitrogen and oxygen atoms in total. The van der Waals surface area contributed by atoms with E-state index in [-0.39, 0.29) is 18.4 Å². The normalized spacial score (nSPS) is 13.5. The standard InChI is InChI=1S/C16H19N5O.ClH/c1-11(22)13(8-7-12-5-3-2-4-6-12)21-10-20-14-15(17)18-9-19-16(14)21;/h2-6,9-11,13,22H,7-8H2,1H3,(H2,17,18,19);1H/t11-,13+;/m0./s1. The molecule has 1 aromatic carbocycles. The minimum atomic E-state index is -0.516. The van der Waals surface area contributed by atoms with Gasteiger partial charge in [0.1, 0.15) is 11.8 Å². The van der Waals surface area contributed by atoms with Gasteiger partial charge in [0.05, 0.1) is 18.5 Å². The summed E-state index contributed by atoms with van der Waals surface area (Å²) in [5, 5.41) is 10.2. The number of aliphatic hydroxyl groups excluding tert-OH is 1. The topological polar surface area (TPSA) is 89.8 Å². The van der Waals surface area contributed by atoms with Crippen molar-refractivity contribution >= 4 is 29.4 Å². The van der Waals surface area contributed by atoms with Gasteiger partial charge in [0.25, 0.3) is 0 Å². The molecule has 3 aromatic rings. The van der Waals surface area contributed by atoms with Crippen molar-refractivity contribution in [1.82, 2.24) is 19.5 Å². The molecule has 0 fully saturated rings. The quantitative estimate of drug-likeness (QED) is 0.748. The van der Waals surface area contributed by atoms with Gasteiger partial charge in [-0.3, -0.25) is 0 Å². The molecule has 3 rings (SSSR count). The number of nitrogens with zero attached hydrogens (tertiary/aromatic N) is 4. The number of aliphatic hydroxyl groups is 1. The van der Waals surface area contributed by atoms with Gasteiger partial charge in [-0.05, 0) is 25.3 Å². The predicted molar refractivity (Wildman–Crippen MR) is 92.5 cm³/mol. The first-order valence-corrected chi connectivity index (χ1v) is 7.32. The summed E-state index contributed by atoms with van der Waals surface area (Å²) in [7, 11) is 0. The lowest BCUT2D eigenvalue weighted by molar-refractivity contribution is 0.126. The summed E-state index contributed by atoms with van der Waals surface area (Å²) in [5.74, 6) is 0.358. The molecule has 0 spiro atoms. The molecule has 0 aliphatic carbocycles. The van der Waals surface area contributed by atoms with Crippen LogP contribution in [0.3, 0.4) is 0 Å². The Balaban J connectivity index is 0.00000192. The van der Waals surface area contributed by atoms with Crippen molar-refractivity contribution in [2.75, 3.05) is 5.73 Å². The number of halogens is 1. The van der Waals surface area contributed by atoms with Crippen molar-refractivity contribution in [3.8, 4) is 0 Å².